The number of rotatable bonds is 6. The van der Waals surface area contributed by atoms with E-state index in [1.54, 1.807) is 30.3 Å². The second-order valence-electron chi connectivity index (χ2n) is 4.86. The van der Waals surface area contributed by atoms with Crippen LogP contribution in [0.2, 0.25) is 0 Å². The van der Waals surface area contributed by atoms with Crippen LogP contribution in [0.5, 0.6) is 5.75 Å². The van der Waals surface area contributed by atoms with E-state index < -0.39 is 18.0 Å². The molecule has 0 fully saturated rings. The lowest BCUT2D eigenvalue weighted by atomic mass is 10.3. The fourth-order valence-corrected chi connectivity index (χ4v) is 1.93. The van der Waals surface area contributed by atoms with Gasteiger partial charge in [0.1, 0.15) is 24.2 Å². The lowest BCUT2D eigenvalue weighted by molar-refractivity contribution is -0.150. The maximum atomic E-state index is 13.1. The summed E-state index contributed by atoms with van der Waals surface area (Å²) in [5.74, 6) is -1.29. The molecule has 9 heteroatoms. The van der Waals surface area contributed by atoms with Crippen LogP contribution in [0.15, 0.2) is 71.4 Å². The van der Waals surface area contributed by atoms with Crippen molar-refractivity contribution in [2.24, 2.45) is 10.2 Å². The Morgan fingerprint density at radius 1 is 1.16 bits per heavy atom. The van der Waals surface area contributed by atoms with Crippen LogP contribution in [0.1, 0.15) is 6.23 Å². The zero-order valence-electron chi connectivity index (χ0n) is 12.7. The topological polar surface area (TPSA) is 102 Å². The molecule has 0 amide bonds. The van der Waals surface area contributed by atoms with Gasteiger partial charge >= 0.3 is 5.97 Å². The highest BCUT2D eigenvalue weighted by Crippen LogP contribution is 2.23. The summed E-state index contributed by atoms with van der Waals surface area (Å²) in [6.07, 6.45) is 1.14. The van der Waals surface area contributed by atoms with Crippen molar-refractivity contribution in [1.82, 2.24) is 14.8 Å². The molecule has 3 rings (SSSR count). The minimum absolute atomic E-state index is 0.313. The van der Waals surface area contributed by atoms with Gasteiger partial charge in [0, 0.05) is 6.07 Å². The largest absolute Gasteiger partial charge is 0.477 e. The number of aromatic nitrogens is 3. The van der Waals surface area contributed by atoms with Crippen LogP contribution in [-0.4, -0.2) is 25.8 Å². The number of carboxylic acid groups (broad SMARTS) is 1. The predicted molar refractivity (Wildman–Crippen MR) is 84.3 cm³/mol. The Morgan fingerprint density at radius 2 is 1.92 bits per heavy atom. The van der Waals surface area contributed by atoms with Crippen LogP contribution in [0, 0.1) is 5.82 Å². The monoisotopic (exact) mass is 341 g/mol. The van der Waals surface area contributed by atoms with Crippen molar-refractivity contribution in [2.75, 3.05) is 0 Å². The van der Waals surface area contributed by atoms with Gasteiger partial charge in [0.2, 0.25) is 0 Å². The van der Waals surface area contributed by atoms with E-state index in [1.165, 1.54) is 30.9 Å². The van der Waals surface area contributed by atoms with Gasteiger partial charge in [0.15, 0.2) is 0 Å². The Bertz CT molecular complexity index is 881. The van der Waals surface area contributed by atoms with E-state index >= 15 is 0 Å². The number of hydrogen-bond donors (Lipinski definition) is 1. The normalized spacial score (nSPS) is 12.2. The van der Waals surface area contributed by atoms with Crippen LogP contribution in [-0.2, 0) is 4.79 Å². The summed E-state index contributed by atoms with van der Waals surface area (Å²) in [5.41, 5.74) is 0.890. The maximum Gasteiger partial charge on any atom is 0.368 e. The Hall–Kier alpha value is -3.62. The van der Waals surface area contributed by atoms with Crippen molar-refractivity contribution in [3.63, 3.8) is 0 Å². The Morgan fingerprint density at radius 3 is 2.56 bits per heavy atom. The van der Waals surface area contributed by atoms with Gasteiger partial charge in [0.05, 0.1) is 11.4 Å². The van der Waals surface area contributed by atoms with Crippen molar-refractivity contribution >= 4 is 17.3 Å². The van der Waals surface area contributed by atoms with Crippen molar-refractivity contribution in [3.8, 4) is 5.75 Å². The smallest absolute Gasteiger partial charge is 0.368 e. The number of aliphatic carboxylic acids is 1. The van der Waals surface area contributed by atoms with Crippen LogP contribution < -0.4 is 4.74 Å². The second-order valence-corrected chi connectivity index (χ2v) is 4.86. The lowest BCUT2D eigenvalue weighted by Gasteiger charge is -2.14. The molecule has 0 aliphatic rings. The molecule has 0 saturated heterocycles. The zero-order chi connectivity index (χ0) is 17.6. The Kier molecular flexibility index (Phi) is 4.74. The lowest BCUT2D eigenvalue weighted by Crippen LogP contribution is -2.25. The molecule has 1 heterocycles. The molecule has 0 spiro atoms. The minimum Gasteiger partial charge on any atom is -0.477 e. The molecule has 126 valence electrons. The average molecular weight is 341 g/mol. The van der Waals surface area contributed by atoms with E-state index in [-0.39, 0.29) is 0 Å². The van der Waals surface area contributed by atoms with Crippen molar-refractivity contribution < 1.29 is 19.0 Å². The quantitative estimate of drug-likeness (QED) is 0.691. The van der Waals surface area contributed by atoms with Gasteiger partial charge in [-0.2, -0.15) is 15.3 Å². The molecule has 1 unspecified atom stereocenters. The number of halogens is 1. The fourth-order valence-electron chi connectivity index (χ4n) is 1.93. The molecule has 0 aliphatic carbocycles. The zero-order valence-corrected chi connectivity index (χ0v) is 12.7. The van der Waals surface area contributed by atoms with Crippen LogP contribution in [0.4, 0.5) is 15.8 Å². The molecule has 1 N–H and O–H groups in total. The van der Waals surface area contributed by atoms with Gasteiger partial charge in [-0.3, -0.25) is 0 Å². The number of ether oxygens (including phenoxy) is 1. The summed E-state index contributed by atoms with van der Waals surface area (Å²) in [5, 5.41) is 20.9. The highest BCUT2D eigenvalue weighted by molar-refractivity contribution is 5.70. The minimum atomic E-state index is -1.33. The molecule has 1 atom stereocenters. The average Bonchev–Trinajstić information content (AvgIpc) is 3.13. The van der Waals surface area contributed by atoms with E-state index in [9.17, 15) is 14.3 Å². The number of carbonyl (C=O) groups is 1. The molecular formula is C16H12FN5O3. The van der Waals surface area contributed by atoms with E-state index in [1.807, 2.05) is 0 Å². The number of azo groups is 1. The van der Waals surface area contributed by atoms with E-state index in [0.29, 0.717) is 17.1 Å². The highest BCUT2D eigenvalue weighted by atomic mass is 19.1. The number of benzene rings is 2. The van der Waals surface area contributed by atoms with Crippen molar-refractivity contribution in [2.45, 2.75) is 6.23 Å². The SMILES string of the molecule is O=C(O)C(Oc1ccc(N=Nc2cccc(F)c2)cc1)n1cncn1. The molecule has 2 aromatic carbocycles. The first kappa shape index (κ1) is 16.2. The van der Waals surface area contributed by atoms with E-state index in [0.717, 1.165) is 4.68 Å². The molecule has 1 aromatic heterocycles. The van der Waals surface area contributed by atoms with E-state index in [2.05, 4.69) is 20.3 Å². The Labute approximate surface area is 141 Å². The molecule has 8 nitrogen and oxygen atoms in total. The summed E-state index contributed by atoms with van der Waals surface area (Å²) >= 11 is 0. The molecule has 25 heavy (non-hydrogen) atoms. The summed E-state index contributed by atoms with van der Waals surface area (Å²) in [7, 11) is 0. The number of carboxylic acids is 1. The van der Waals surface area contributed by atoms with Crippen LogP contribution in [0.25, 0.3) is 0 Å². The first-order valence-corrected chi connectivity index (χ1v) is 7.13. The summed E-state index contributed by atoms with van der Waals surface area (Å²) in [6.45, 7) is 0. The first-order valence-electron chi connectivity index (χ1n) is 7.13. The van der Waals surface area contributed by atoms with Gasteiger partial charge in [-0.1, -0.05) is 6.07 Å². The van der Waals surface area contributed by atoms with E-state index in [4.69, 9.17) is 4.74 Å². The van der Waals surface area contributed by atoms with Gasteiger partial charge in [-0.05, 0) is 36.4 Å². The first-order chi connectivity index (χ1) is 12.1. The standard InChI is InChI=1S/C16H12FN5O3/c17-11-2-1-3-13(8-11)21-20-12-4-6-14(7-5-12)25-15(16(23)24)22-10-18-9-19-22/h1-10,15H,(H,23,24). The predicted octanol–water partition coefficient (Wildman–Crippen LogP) is 3.49. The molecule has 0 saturated carbocycles. The van der Waals surface area contributed by atoms with Crippen LogP contribution in [0.3, 0.4) is 0 Å². The van der Waals surface area contributed by atoms with Gasteiger partial charge in [0.25, 0.3) is 6.23 Å². The van der Waals surface area contributed by atoms with Crippen molar-refractivity contribution in [3.05, 3.63) is 67.0 Å². The Balaban J connectivity index is 1.70. The number of hydrogen-bond acceptors (Lipinski definition) is 6. The second kappa shape index (κ2) is 7.30. The third-order valence-electron chi connectivity index (χ3n) is 3.06. The molecular weight excluding hydrogens is 329 g/mol. The van der Waals surface area contributed by atoms with Crippen LogP contribution >= 0.6 is 0 Å². The molecule has 0 bridgehead atoms. The molecule has 0 radical (unpaired) electrons. The van der Waals surface area contributed by atoms with Crippen molar-refractivity contribution in [1.29, 1.82) is 0 Å². The summed E-state index contributed by atoms with van der Waals surface area (Å²) in [6, 6.07) is 12.0. The fraction of sp³-hybridized carbons (Fsp3) is 0.0625. The van der Waals surface area contributed by atoms with Gasteiger partial charge in [-0.25, -0.2) is 18.9 Å². The highest BCUT2D eigenvalue weighted by Gasteiger charge is 2.22. The molecule has 3 aromatic rings. The van der Waals surface area contributed by atoms with Gasteiger partial charge in [-0.15, -0.1) is 0 Å². The van der Waals surface area contributed by atoms with Gasteiger partial charge < -0.3 is 9.84 Å². The third-order valence-corrected chi connectivity index (χ3v) is 3.06. The third kappa shape index (κ3) is 4.22. The number of nitrogens with zero attached hydrogens (tertiary/aromatic N) is 5. The maximum absolute atomic E-state index is 13.1. The summed E-state index contributed by atoms with van der Waals surface area (Å²) in [4.78, 5) is 15.0. The molecule has 0 aliphatic heterocycles. The summed E-state index contributed by atoms with van der Waals surface area (Å²) < 4.78 is 19.5.